The van der Waals surface area contributed by atoms with E-state index in [1.807, 2.05) is 12.1 Å². The molecule has 2 heterocycles. The van der Waals surface area contributed by atoms with Crippen LogP contribution in [-0.2, 0) is 24.3 Å². The van der Waals surface area contributed by atoms with Crippen molar-refractivity contribution in [3.8, 4) is 0 Å². The SMILES string of the molecule is C[C@@H]1CCCN(Cc2ccc(CNC(=O)Nc3ccc(C[C@@H]4NC(=O)NC4=O)cc3)cc2)C1. The van der Waals surface area contributed by atoms with Gasteiger partial charge >= 0.3 is 12.1 Å². The number of hydrogen-bond acceptors (Lipinski definition) is 4. The first-order valence-electron chi connectivity index (χ1n) is 11.5. The molecule has 2 fully saturated rings. The zero-order valence-corrected chi connectivity index (χ0v) is 18.9. The van der Waals surface area contributed by atoms with Gasteiger partial charge in [-0.1, -0.05) is 43.3 Å². The van der Waals surface area contributed by atoms with Gasteiger partial charge in [0.05, 0.1) is 0 Å². The van der Waals surface area contributed by atoms with Gasteiger partial charge in [0.2, 0.25) is 0 Å². The smallest absolute Gasteiger partial charge is 0.322 e. The lowest BCUT2D eigenvalue weighted by Gasteiger charge is -2.30. The Hall–Kier alpha value is -3.39. The first-order valence-corrected chi connectivity index (χ1v) is 11.5. The molecule has 4 N–H and O–H groups in total. The molecule has 2 aromatic rings. The van der Waals surface area contributed by atoms with Crippen molar-refractivity contribution >= 4 is 23.7 Å². The maximum Gasteiger partial charge on any atom is 0.322 e. The van der Waals surface area contributed by atoms with Gasteiger partial charge in [-0.2, -0.15) is 0 Å². The van der Waals surface area contributed by atoms with Crippen LogP contribution in [0.3, 0.4) is 0 Å². The lowest BCUT2D eigenvalue weighted by molar-refractivity contribution is -0.120. The van der Waals surface area contributed by atoms with E-state index in [1.165, 1.54) is 24.9 Å². The van der Waals surface area contributed by atoms with Crippen LogP contribution in [0.2, 0.25) is 0 Å². The van der Waals surface area contributed by atoms with Gasteiger partial charge in [0, 0.05) is 31.7 Å². The molecule has 8 heteroatoms. The minimum Gasteiger partial charge on any atom is -0.334 e. The van der Waals surface area contributed by atoms with Crippen LogP contribution in [0.5, 0.6) is 0 Å². The van der Waals surface area contributed by atoms with Gasteiger partial charge < -0.3 is 16.0 Å². The van der Waals surface area contributed by atoms with E-state index in [2.05, 4.69) is 57.4 Å². The Balaban J connectivity index is 1.20. The van der Waals surface area contributed by atoms with Crippen molar-refractivity contribution < 1.29 is 14.4 Å². The molecule has 0 aromatic heterocycles. The number of likely N-dealkylation sites (tertiary alicyclic amines) is 1. The molecule has 2 aliphatic rings. The molecule has 0 saturated carbocycles. The first kappa shape index (κ1) is 22.8. The van der Waals surface area contributed by atoms with Gasteiger partial charge in [0.15, 0.2) is 0 Å². The van der Waals surface area contributed by atoms with Crippen LogP contribution in [0.25, 0.3) is 0 Å². The second-order valence-corrected chi connectivity index (χ2v) is 9.02. The topological polar surface area (TPSA) is 103 Å². The summed E-state index contributed by atoms with van der Waals surface area (Å²) in [5.41, 5.74) is 3.89. The molecular weight excluding hydrogens is 418 g/mol. The molecular formula is C25H31N5O3. The number of anilines is 1. The van der Waals surface area contributed by atoms with Crippen LogP contribution >= 0.6 is 0 Å². The van der Waals surface area contributed by atoms with E-state index in [-0.39, 0.29) is 11.9 Å². The van der Waals surface area contributed by atoms with Gasteiger partial charge in [-0.05, 0) is 54.1 Å². The number of imide groups is 1. The Bertz CT molecular complexity index is 990. The van der Waals surface area contributed by atoms with Crippen molar-refractivity contribution in [1.82, 2.24) is 20.9 Å². The molecule has 0 unspecified atom stereocenters. The largest absolute Gasteiger partial charge is 0.334 e. The van der Waals surface area contributed by atoms with E-state index in [9.17, 15) is 14.4 Å². The number of nitrogens with zero attached hydrogens (tertiary/aromatic N) is 1. The van der Waals surface area contributed by atoms with Gasteiger partial charge in [-0.3, -0.25) is 15.0 Å². The molecule has 2 atom stereocenters. The van der Waals surface area contributed by atoms with Crippen molar-refractivity contribution in [2.75, 3.05) is 18.4 Å². The van der Waals surface area contributed by atoms with E-state index in [0.717, 1.165) is 30.1 Å². The molecule has 0 aliphatic carbocycles. The molecule has 174 valence electrons. The first-order chi connectivity index (χ1) is 15.9. The van der Waals surface area contributed by atoms with Crippen molar-refractivity contribution in [1.29, 1.82) is 0 Å². The third kappa shape index (κ3) is 6.55. The lowest BCUT2D eigenvalue weighted by Crippen LogP contribution is -2.33. The molecule has 2 aliphatic heterocycles. The maximum absolute atomic E-state index is 12.3. The monoisotopic (exact) mass is 449 g/mol. The molecule has 4 rings (SSSR count). The molecule has 5 amide bonds. The number of rotatable bonds is 7. The van der Waals surface area contributed by atoms with E-state index < -0.39 is 12.1 Å². The molecule has 0 spiro atoms. The fourth-order valence-electron chi connectivity index (χ4n) is 4.37. The number of carbonyl (C=O) groups is 3. The van der Waals surface area contributed by atoms with Crippen LogP contribution in [0, 0.1) is 5.92 Å². The lowest BCUT2D eigenvalue weighted by atomic mass is 9.99. The summed E-state index contributed by atoms with van der Waals surface area (Å²) in [6.45, 7) is 6.07. The number of carbonyl (C=O) groups excluding carboxylic acids is 3. The molecule has 0 bridgehead atoms. The summed E-state index contributed by atoms with van der Waals surface area (Å²) in [7, 11) is 0. The normalized spacial score (nSPS) is 20.8. The molecule has 33 heavy (non-hydrogen) atoms. The maximum atomic E-state index is 12.3. The number of benzene rings is 2. The van der Waals surface area contributed by atoms with Crippen LogP contribution in [0.15, 0.2) is 48.5 Å². The van der Waals surface area contributed by atoms with Crippen LogP contribution < -0.4 is 21.3 Å². The second kappa shape index (κ2) is 10.5. The number of amides is 5. The molecule has 2 aromatic carbocycles. The highest BCUT2D eigenvalue weighted by molar-refractivity contribution is 6.04. The standard InChI is InChI=1S/C25H31N5O3/c1-17-3-2-12-30(15-17)16-20-6-4-19(5-7-20)14-26-24(32)27-21-10-8-18(9-11-21)13-22-23(31)29-25(33)28-22/h4-11,17,22H,2-3,12-16H2,1H3,(H2,26,27,32)(H2,28,29,31,33)/t17-,22+/m1/s1. The fraction of sp³-hybridized carbons (Fsp3) is 0.400. The second-order valence-electron chi connectivity index (χ2n) is 9.02. The van der Waals surface area contributed by atoms with E-state index in [1.54, 1.807) is 12.1 Å². The van der Waals surface area contributed by atoms with Crippen LogP contribution in [0.4, 0.5) is 15.3 Å². The summed E-state index contributed by atoms with van der Waals surface area (Å²) in [5.74, 6) is 0.448. The number of hydrogen-bond donors (Lipinski definition) is 4. The van der Waals surface area contributed by atoms with Crippen molar-refractivity contribution in [2.24, 2.45) is 5.92 Å². The summed E-state index contributed by atoms with van der Waals surface area (Å²) in [6, 6.07) is 14.3. The zero-order valence-electron chi connectivity index (χ0n) is 18.9. The average molecular weight is 450 g/mol. The number of nitrogens with one attached hydrogen (secondary N) is 4. The minimum atomic E-state index is -0.561. The van der Waals surface area contributed by atoms with Gasteiger partial charge in [-0.15, -0.1) is 0 Å². The quantitative estimate of drug-likeness (QED) is 0.488. The van der Waals surface area contributed by atoms with E-state index in [0.29, 0.717) is 18.7 Å². The minimum absolute atomic E-state index is 0.281. The average Bonchev–Trinajstić information content (AvgIpc) is 3.11. The molecule has 8 nitrogen and oxygen atoms in total. The Morgan fingerprint density at radius 1 is 1.03 bits per heavy atom. The van der Waals surface area contributed by atoms with Crippen molar-refractivity contribution in [3.63, 3.8) is 0 Å². The van der Waals surface area contributed by atoms with Crippen molar-refractivity contribution in [2.45, 2.75) is 45.3 Å². The summed E-state index contributed by atoms with van der Waals surface area (Å²) < 4.78 is 0. The fourth-order valence-corrected chi connectivity index (χ4v) is 4.37. The third-order valence-electron chi connectivity index (χ3n) is 6.13. The Morgan fingerprint density at radius 3 is 2.39 bits per heavy atom. The van der Waals surface area contributed by atoms with E-state index in [4.69, 9.17) is 0 Å². The highest BCUT2D eigenvalue weighted by atomic mass is 16.2. The Labute approximate surface area is 194 Å². The van der Waals surface area contributed by atoms with Gasteiger partial charge in [0.1, 0.15) is 6.04 Å². The summed E-state index contributed by atoms with van der Waals surface area (Å²) >= 11 is 0. The van der Waals surface area contributed by atoms with Gasteiger partial charge in [0.25, 0.3) is 5.91 Å². The predicted octanol–water partition coefficient (Wildman–Crippen LogP) is 2.99. The summed E-state index contributed by atoms with van der Waals surface area (Å²) in [5, 5.41) is 10.5. The number of piperidine rings is 1. The van der Waals surface area contributed by atoms with E-state index >= 15 is 0 Å². The van der Waals surface area contributed by atoms with Crippen LogP contribution in [-0.4, -0.2) is 42.0 Å². The molecule has 0 radical (unpaired) electrons. The zero-order chi connectivity index (χ0) is 23.2. The van der Waals surface area contributed by atoms with Crippen LogP contribution in [0.1, 0.15) is 36.5 Å². The Kier molecular flexibility index (Phi) is 7.24. The molecule has 2 saturated heterocycles. The highest BCUT2D eigenvalue weighted by Crippen LogP contribution is 2.18. The highest BCUT2D eigenvalue weighted by Gasteiger charge is 2.29. The van der Waals surface area contributed by atoms with Gasteiger partial charge in [-0.25, -0.2) is 9.59 Å². The summed E-state index contributed by atoms with van der Waals surface area (Å²) in [6.07, 6.45) is 3.00. The third-order valence-corrected chi connectivity index (χ3v) is 6.13. The predicted molar refractivity (Wildman–Crippen MR) is 127 cm³/mol. The number of urea groups is 2. The Morgan fingerprint density at radius 2 is 1.73 bits per heavy atom. The summed E-state index contributed by atoms with van der Waals surface area (Å²) in [4.78, 5) is 37.6. The van der Waals surface area contributed by atoms with Crippen molar-refractivity contribution in [3.05, 3.63) is 65.2 Å².